The topological polar surface area (TPSA) is 53.3 Å². The van der Waals surface area contributed by atoms with Gasteiger partial charge in [-0.3, -0.25) is 4.31 Å². The van der Waals surface area contributed by atoms with E-state index in [1.54, 1.807) is 6.07 Å². The predicted octanol–water partition coefficient (Wildman–Crippen LogP) is 2.61. The summed E-state index contributed by atoms with van der Waals surface area (Å²) < 4.78 is 59.3. The predicted molar refractivity (Wildman–Crippen MR) is 76.8 cm³/mol. The zero-order valence-electron chi connectivity index (χ0n) is 11.9. The molecule has 0 radical (unpaired) electrons. The molecule has 1 aromatic carbocycles. The average Bonchev–Trinajstić information content (AvgIpc) is 3.19. The maximum absolute atomic E-state index is 13.1. The molecule has 3 aliphatic rings. The van der Waals surface area contributed by atoms with Gasteiger partial charge in [-0.1, -0.05) is 0 Å². The Balaban J connectivity index is 1.70. The minimum Gasteiger partial charge on any atom is -0.373 e. The van der Waals surface area contributed by atoms with Gasteiger partial charge in [0, 0.05) is 18.2 Å². The van der Waals surface area contributed by atoms with Crippen molar-refractivity contribution in [2.45, 2.75) is 36.5 Å². The van der Waals surface area contributed by atoms with Gasteiger partial charge in [-0.15, -0.1) is 0 Å². The molecule has 3 fully saturated rings. The maximum Gasteiger partial charge on any atom is 0.417 e. The Labute approximate surface area is 133 Å². The van der Waals surface area contributed by atoms with Gasteiger partial charge in [-0.05, 0) is 31.0 Å². The van der Waals surface area contributed by atoms with Gasteiger partial charge >= 0.3 is 6.18 Å². The summed E-state index contributed by atoms with van der Waals surface area (Å²) in [5, 5.41) is 8.73. The van der Waals surface area contributed by atoms with Crippen LogP contribution in [0.25, 0.3) is 0 Å². The molecule has 0 aromatic heterocycles. The number of benzene rings is 1. The molecule has 1 aromatic rings. The zero-order chi connectivity index (χ0) is 16.4. The summed E-state index contributed by atoms with van der Waals surface area (Å²) in [7, 11) is -1.40. The van der Waals surface area contributed by atoms with E-state index >= 15 is 0 Å². The third-order valence-electron chi connectivity index (χ3n) is 4.89. The second-order valence-electron chi connectivity index (χ2n) is 6.10. The first-order valence-corrected chi connectivity index (χ1v) is 8.52. The molecule has 23 heavy (non-hydrogen) atoms. The van der Waals surface area contributed by atoms with Crippen LogP contribution in [0.4, 0.5) is 18.9 Å². The molecule has 2 bridgehead atoms. The van der Waals surface area contributed by atoms with Crippen LogP contribution in [0.5, 0.6) is 0 Å². The zero-order valence-corrected chi connectivity index (χ0v) is 12.7. The van der Waals surface area contributed by atoms with Crippen LogP contribution >= 0.6 is 0 Å². The summed E-state index contributed by atoms with van der Waals surface area (Å²) in [5.41, 5.74) is -1.15. The number of nitrogens with zero attached hydrogens (tertiary/aromatic N) is 2. The van der Waals surface area contributed by atoms with Gasteiger partial charge in [0.2, 0.25) is 0 Å². The highest BCUT2D eigenvalue weighted by Crippen LogP contribution is 2.47. The average molecular weight is 342 g/mol. The summed E-state index contributed by atoms with van der Waals surface area (Å²) in [5.74, 6) is 0.111. The van der Waals surface area contributed by atoms with E-state index in [9.17, 15) is 17.4 Å². The number of fused-ring (bicyclic) bond motifs is 5. The Morgan fingerprint density at radius 3 is 2.70 bits per heavy atom. The van der Waals surface area contributed by atoms with Crippen LogP contribution in [0.15, 0.2) is 18.2 Å². The molecule has 4 nitrogen and oxygen atoms in total. The number of alkyl halides is 3. The Morgan fingerprint density at radius 2 is 2.04 bits per heavy atom. The van der Waals surface area contributed by atoms with Crippen LogP contribution in [0.1, 0.15) is 24.0 Å². The Kier molecular flexibility index (Phi) is 3.22. The fourth-order valence-corrected chi connectivity index (χ4v) is 5.83. The first-order chi connectivity index (χ1) is 10.9. The molecular weight excluding hydrogens is 329 g/mol. The monoisotopic (exact) mass is 342 g/mol. The third kappa shape index (κ3) is 2.17. The van der Waals surface area contributed by atoms with Crippen molar-refractivity contribution in [1.29, 1.82) is 5.26 Å². The molecule has 3 heterocycles. The Bertz CT molecular complexity index is 730. The van der Waals surface area contributed by atoms with E-state index in [2.05, 4.69) is 0 Å². The van der Waals surface area contributed by atoms with E-state index in [4.69, 9.17) is 10.00 Å². The minimum atomic E-state index is -4.61. The minimum absolute atomic E-state index is 0.0451. The SMILES string of the molecule is N#Cc1ccc(N2CC3C([C@H]4CC[C@@H]3O4)S2=O)cc1C(F)(F)F. The van der Waals surface area contributed by atoms with Crippen molar-refractivity contribution in [2.75, 3.05) is 10.8 Å². The van der Waals surface area contributed by atoms with Crippen molar-refractivity contribution >= 4 is 16.7 Å². The van der Waals surface area contributed by atoms with E-state index in [1.807, 2.05) is 0 Å². The lowest BCUT2D eigenvalue weighted by Gasteiger charge is -2.21. The summed E-state index contributed by atoms with van der Waals surface area (Å²) in [6, 6.07) is 5.08. The number of anilines is 1. The quantitative estimate of drug-likeness (QED) is 0.788. The van der Waals surface area contributed by atoms with Crippen LogP contribution in [-0.2, 0) is 21.9 Å². The summed E-state index contributed by atoms with van der Waals surface area (Å²) >= 11 is 0. The summed E-state index contributed by atoms with van der Waals surface area (Å²) in [4.78, 5) is 0. The molecule has 0 amide bonds. The van der Waals surface area contributed by atoms with Gasteiger partial charge in [0.15, 0.2) is 0 Å². The van der Waals surface area contributed by atoms with Gasteiger partial charge in [0.1, 0.15) is 11.0 Å². The van der Waals surface area contributed by atoms with Crippen LogP contribution in [0.2, 0.25) is 0 Å². The van der Waals surface area contributed by atoms with E-state index in [0.29, 0.717) is 6.54 Å². The second kappa shape index (κ2) is 4.95. The van der Waals surface area contributed by atoms with E-state index in [0.717, 1.165) is 25.0 Å². The Morgan fingerprint density at radius 1 is 1.30 bits per heavy atom. The molecule has 8 heteroatoms. The smallest absolute Gasteiger partial charge is 0.373 e. The van der Waals surface area contributed by atoms with Crippen molar-refractivity contribution in [3.63, 3.8) is 0 Å². The molecule has 0 N–H and O–H groups in total. The molecule has 3 saturated heterocycles. The standard InChI is InChI=1S/C15H13F3N2O2S/c16-15(17,18)11-5-9(2-1-8(11)6-19)20-7-10-12-3-4-13(22-12)14(10)23(20)21/h1-2,5,10,12-14H,3-4,7H2/t10?,12-,13+,14?,23?/m0/s1. The highest BCUT2D eigenvalue weighted by Gasteiger charge is 2.57. The molecular formula is C15H13F3N2O2S. The molecule has 3 unspecified atom stereocenters. The van der Waals surface area contributed by atoms with Gasteiger partial charge in [0.25, 0.3) is 0 Å². The second-order valence-corrected chi connectivity index (χ2v) is 7.63. The van der Waals surface area contributed by atoms with Gasteiger partial charge in [-0.2, -0.15) is 18.4 Å². The lowest BCUT2D eigenvalue weighted by Crippen LogP contribution is -2.31. The molecule has 5 atom stereocenters. The van der Waals surface area contributed by atoms with Crippen LogP contribution in [-0.4, -0.2) is 28.2 Å². The number of ether oxygens (including phenoxy) is 1. The largest absolute Gasteiger partial charge is 0.417 e. The fourth-order valence-electron chi connectivity index (χ4n) is 3.87. The lowest BCUT2D eigenvalue weighted by atomic mass is 9.89. The molecule has 0 aliphatic carbocycles. The normalized spacial score (nSPS) is 35.4. The van der Waals surface area contributed by atoms with Crippen molar-refractivity contribution in [1.82, 2.24) is 0 Å². The van der Waals surface area contributed by atoms with Crippen LogP contribution < -0.4 is 4.31 Å². The van der Waals surface area contributed by atoms with Crippen molar-refractivity contribution in [3.05, 3.63) is 29.3 Å². The number of hydrogen-bond acceptors (Lipinski definition) is 3. The maximum atomic E-state index is 13.1. The van der Waals surface area contributed by atoms with E-state index < -0.39 is 28.3 Å². The molecule has 4 rings (SSSR count). The molecule has 0 spiro atoms. The van der Waals surface area contributed by atoms with Crippen molar-refractivity contribution in [3.8, 4) is 6.07 Å². The van der Waals surface area contributed by atoms with Gasteiger partial charge < -0.3 is 4.74 Å². The lowest BCUT2D eigenvalue weighted by molar-refractivity contribution is -0.137. The number of rotatable bonds is 1. The van der Waals surface area contributed by atoms with E-state index in [1.165, 1.54) is 10.4 Å². The number of nitriles is 1. The molecule has 0 saturated carbocycles. The number of hydrogen-bond donors (Lipinski definition) is 0. The summed E-state index contributed by atoms with van der Waals surface area (Å²) in [6.45, 7) is 0.432. The van der Waals surface area contributed by atoms with Crippen molar-refractivity contribution in [2.24, 2.45) is 5.92 Å². The van der Waals surface area contributed by atoms with Gasteiger partial charge in [-0.25, -0.2) is 4.21 Å². The van der Waals surface area contributed by atoms with Crippen molar-refractivity contribution < 1.29 is 22.1 Å². The molecule has 3 aliphatic heterocycles. The first kappa shape index (κ1) is 15.0. The summed E-state index contributed by atoms with van der Waals surface area (Å²) in [6.07, 6.45) is -2.79. The Hall–Kier alpha value is -1.59. The molecule has 122 valence electrons. The van der Waals surface area contributed by atoms with Crippen LogP contribution in [0, 0.1) is 17.2 Å². The van der Waals surface area contributed by atoms with Crippen LogP contribution in [0.3, 0.4) is 0 Å². The first-order valence-electron chi connectivity index (χ1n) is 7.35. The highest BCUT2D eigenvalue weighted by molar-refractivity contribution is 7.87. The third-order valence-corrected chi connectivity index (χ3v) is 6.81. The fraction of sp³-hybridized carbons (Fsp3) is 0.533. The highest BCUT2D eigenvalue weighted by atomic mass is 32.2. The van der Waals surface area contributed by atoms with Gasteiger partial charge in [0.05, 0.1) is 34.7 Å². The van der Waals surface area contributed by atoms with E-state index in [-0.39, 0.29) is 29.1 Å². The number of halogens is 3.